The lowest BCUT2D eigenvalue weighted by atomic mass is 10.1. The average Bonchev–Trinajstić information content (AvgIpc) is 2.70. The fraction of sp³-hybridized carbons (Fsp3) is 0.190. The van der Waals surface area contributed by atoms with Crippen molar-refractivity contribution in [3.05, 3.63) is 71.5 Å². The molecule has 0 saturated heterocycles. The van der Waals surface area contributed by atoms with Crippen molar-refractivity contribution >= 4 is 29.0 Å². The minimum atomic E-state index is -0.407. The van der Waals surface area contributed by atoms with Crippen molar-refractivity contribution in [2.45, 2.75) is 20.4 Å². The highest BCUT2D eigenvalue weighted by Gasteiger charge is 2.14. The molecule has 0 aliphatic heterocycles. The van der Waals surface area contributed by atoms with Crippen LogP contribution in [0, 0.1) is 6.92 Å². The molecule has 1 heterocycles. The van der Waals surface area contributed by atoms with Gasteiger partial charge in [0.25, 0.3) is 0 Å². The molecule has 0 aliphatic rings. The Hall–Kier alpha value is -3.61. The smallest absolute Gasteiger partial charge is 0.340 e. The Morgan fingerprint density at radius 1 is 1.07 bits per heavy atom. The van der Waals surface area contributed by atoms with Crippen molar-refractivity contribution in [2.24, 2.45) is 0 Å². The third kappa shape index (κ3) is 4.56. The Kier molecular flexibility index (Phi) is 6.06. The second-order valence-corrected chi connectivity index (χ2v) is 6.21. The number of aromatic nitrogens is 2. The average molecular weight is 377 g/mol. The van der Waals surface area contributed by atoms with Crippen LogP contribution in [-0.2, 0) is 11.3 Å². The highest BCUT2D eigenvalue weighted by Crippen LogP contribution is 2.28. The van der Waals surface area contributed by atoms with E-state index < -0.39 is 5.97 Å². The highest BCUT2D eigenvalue weighted by molar-refractivity contribution is 5.97. The van der Waals surface area contributed by atoms with E-state index in [1.807, 2.05) is 13.0 Å². The van der Waals surface area contributed by atoms with Gasteiger partial charge < -0.3 is 21.1 Å². The van der Waals surface area contributed by atoms with E-state index in [0.717, 1.165) is 5.56 Å². The second kappa shape index (κ2) is 8.85. The number of esters is 1. The van der Waals surface area contributed by atoms with Gasteiger partial charge >= 0.3 is 5.97 Å². The molecule has 4 N–H and O–H groups in total. The summed E-state index contributed by atoms with van der Waals surface area (Å²) < 4.78 is 5.10. The fourth-order valence-electron chi connectivity index (χ4n) is 2.63. The third-order valence-electron chi connectivity index (χ3n) is 4.14. The molecule has 7 heteroatoms. The number of nitrogens with two attached hydrogens (primary N) is 1. The van der Waals surface area contributed by atoms with E-state index in [9.17, 15) is 4.79 Å². The van der Waals surface area contributed by atoms with Crippen LogP contribution in [0.3, 0.4) is 0 Å². The first-order valence-corrected chi connectivity index (χ1v) is 9.01. The molecule has 3 aromatic rings. The molecular formula is C21H23N5O2. The monoisotopic (exact) mass is 377 g/mol. The summed E-state index contributed by atoms with van der Waals surface area (Å²) in [4.78, 5) is 20.6. The summed E-state index contributed by atoms with van der Waals surface area (Å²) in [6.45, 7) is 4.70. The number of aryl methyl sites for hydroxylation is 1. The molecule has 0 atom stereocenters. The molecule has 0 fully saturated rings. The SMILES string of the molecule is CCOC(=O)c1ccccc1Nc1ncnc(NCc2ccc(C)cc2)c1N. The Labute approximate surface area is 164 Å². The molecule has 0 spiro atoms. The number of carbonyl (C=O) groups excluding carboxylic acids is 1. The molecule has 0 saturated carbocycles. The standard InChI is InChI=1S/C21H23N5O2/c1-3-28-21(27)16-6-4-5-7-17(16)26-20-18(22)19(24-13-25-20)23-12-15-10-8-14(2)9-11-15/h4-11,13H,3,12,22H2,1-2H3,(H2,23,24,25,26). The zero-order chi connectivity index (χ0) is 19.9. The molecule has 28 heavy (non-hydrogen) atoms. The molecule has 144 valence electrons. The number of rotatable bonds is 7. The van der Waals surface area contributed by atoms with Crippen LogP contribution < -0.4 is 16.4 Å². The number of benzene rings is 2. The molecule has 0 radical (unpaired) electrons. The minimum absolute atomic E-state index is 0.301. The molecular weight excluding hydrogens is 354 g/mol. The maximum absolute atomic E-state index is 12.2. The number of hydrogen-bond acceptors (Lipinski definition) is 7. The first-order chi connectivity index (χ1) is 13.6. The fourth-order valence-corrected chi connectivity index (χ4v) is 2.63. The first-order valence-electron chi connectivity index (χ1n) is 9.01. The van der Waals surface area contributed by atoms with Crippen LogP contribution in [-0.4, -0.2) is 22.5 Å². The first kappa shape index (κ1) is 19.2. The van der Waals surface area contributed by atoms with Crippen molar-refractivity contribution in [3.8, 4) is 0 Å². The number of ether oxygens (including phenoxy) is 1. The largest absolute Gasteiger partial charge is 0.462 e. The number of nitrogens with zero attached hydrogens (tertiary/aromatic N) is 2. The number of carbonyl (C=O) groups is 1. The van der Waals surface area contributed by atoms with Crippen LogP contribution in [0.1, 0.15) is 28.4 Å². The predicted molar refractivity (Wildman–Crippen MR) is 111 cm³/mol. The van der Waals surface area contributed by atoms with Gasteiger partial charge in [0, 0.05) is 6.54 Å². The number of nitrogens with one attached hydrogen (secondary N) is 2. The van der Waals surface area contributed by atoms with Crippen molar-refractivity contribution in [3.63, 3.8) is 0 Å². The van der Waals surface area contributed by atoms with E-state index >= 15 is 0 Å². The lowest BCUT2D eigenvalue weighted by molar-refractivity contribution is 0.0527. The maximum atomic E-state index is 12.2. The van der Waals surface area contributed by atoms with Gasteiger partial charge in [-0.2, -0.15) is 0 Å². The lowest BCUT2D eigenvalue weighted by Crippen LogP contribution is -2.11. The van der Waals surface area contributed by atoms with E-state index in [0.29, 0.717) is 41.7 Å². The van der Waals surface area contributed by atoms with E-state index in [4.69, 9.17) is 10.5 Å². The lowest BCUT2D eigenvalue weighted by Gasteiger charge is -2.14. The highest BCUT2D eigenvalue weighted by atomic mass is 16.5. The van der Waals surface area contributed by atoms with Gasteiger partial charge in [-0.05, 0) is 31.5 Å². The third-order valence-corrected chi connectivity index (χ3v) is 4.14. The predicted octanol–water partition coefficient (Wildman–Crippen LogP) is 3.90. The van der Waals surface area contributed by atoms with Crippen LogP contribution in [0.2, 0.25) is 0 Å². The number of hydrogen-bond donors (Lipinski definition) is 3. The van der Waals surface area contributed by atoms with E-state index in [-0.39, 0.29) is 0 Å². The Morgan fingerprint density at radius 3 is 2.54 bits per heavy atom. The van der Waals surface area contributed by atoms with Gasteiger partial charge in [-0.1, -0.05) is 42.0 Å². The number of anilines is 4. The van der Waals surface area contributed by atoms with E-state index in [2.05, 4.69) is 44.9 Å². The van der Waals surface area contributed by atoms with Crippen molar-refractivity contribution in [1.82, 2.24) is 9.97 Å². The van der Waals surface area contributed by atoms with Crippen molar-refractivity contribution in [2.75, 3.05) is 23.0 Å². The number of para-hydroxylation sites is 1. The molecule has 1 aromatic heterocycles. The minimum Gasteiger partial charge on any atom is -0.462 e. The zero-order valence-corrected chi connectivity index (χ0v) is 15.9. The summed E-state index contributed by atoms with van der Waals surface area (Å²) in [7, 11) is 0. The summed E-state index contributed by atoms with van der Waals surface area (Å²) in [6, 6.07) is 15.3. The number of nitrogen functional groups attached to an aromatic ring is 1. The molecule has 0 amide bonds. The van der Waals surface area contributed by atoms with Crippen molar-refractivity contribution in [1.29, 1.82) is 0 Å². The zero-order valence-electron chi connectivity index (χ0n) is 15.9. The van der Waals surface area contributed by atoms with Crippen molar-refractivity contribution < 1.29 is 9.53 Å². The van der Waals surface area contributed by atoms with Gasteiger partial charge in [0.2, 0.25) is 0 Å². The van der Waals surface area contributed by atoms with Gasteiger partial charge in [-0.25, -0.2) is 14.8 Å². The Bertz CT molecular complexity index is 957. The summed E-state index contributed by atoms with van der Waals surface area (Å²) in [5.41, 5.74) is 9.91. The topological polar surface area (TPSA) is 102 Å². The van der Waals surface area contributed by atoms with Gasteiger partial charge in [0.05, 0.1) is 17.9 Å². The summed E-state index contributed by atoms with van der Waals surface area (Å²) in [6.07, 6.45) is 1.42. The quantitative estimate of drug-likeness (QED) is 0.537. The molecule has 7 nitrogen and oxygen atoms in total. The van der Waals surface area contributed by atoms with Crippen LogP contribution in [0.5, 0.6) is 0 Å². The molecule has 0 unspecified atom stereocenters. The Balaban J connectivity index is 1.78. The molecule has 2 aromatic carbocycles. The molecule has 0 aliphatic carbocycles. The van der Waals surface area contributed by atoms with Gasteiger partial charge in [-0.3, -0.25) is 0 Å². The molecule has 0 bridgehead atoms. The summed E-state index contributed by atoms with van der Waals surface area (Å²) in [5.74, 6) is 0.529. The summed E-state index contributed by atoms with van der Waals surface area (Å²) >= 11 is 0. The van der Waals surface area contributed by atoms with Gasteiger partial charge in [-0.15, -0.1) is 0 Å². The van der Waals surface area contributed by atoms with Crippen LogP contribution in [0.4, 0.5) is 23.0 Å². The second-order valence-electron chi connectivity index (χ2n) is 6.21. The Morgan fingerprint density at radius 2 is 1.79 bits per heavy atom. The van der Waals surface area contributed by atoms with E-state index in [1.165, 1.54) is 11.9 Å². The van der Waals surface area contributed by atoms with Crippen LogP contribution in [0.15, 0.2) is 54.9 Å². The maximum Gasteiger partial charge on any atom is 0.340 e. The van der Waals surface area contributed by atoms with Crippen LogP contribution in [0.25, 0.3) is 0 Å². The normalized spacial score (nSPS) is 10.4. The summed E-state index contributed by atoms with van der Waals surface area (Å²) in [5, 5.41) is 6.33. The van der Waals surface area contributed by atoms with E-state index in [1.54, 1.807) is 25.1 Å². The van der Waals surface area contributed by atoms with Gasteiger partial charge in [0.1, 0.15) is 12.0 Å². The van der Waals surface area contributed by atoms with Gasteiger partial charge in [0.15, 0.2) is 11.6 Å². The van der Waals surface area contributed by atoms with Crippen LogP contribution >= 0.6 is 0 Å². The molecule has 3 rings (SSSR count).